The number of fused-ring (bicyclic) bond motifs is 5. The number of ether oxygens (including phenoxy) is 1. The van der Waals surface area contributed by atoms with Crippen LogP contribution < -0.4 is 0 Å². The molecule has 5 heteroatoms. The lowest BCUT2D eigenvalue weighted by Gasteiger charge is -2.55. The van der Waals surface area contributed by atoms with E-state index in [4.69, 9.17) is 4.74 Å². The summed E-state index contributed by atoms with van der Waals surface area (Å²) in [5.41, 5.74) is 0.739. The van der Waals surface area contributed by atoms with Crippen molar-refractivity contribution in [3.8, 4) is 0 Å². The number of ketones is 3. The van der Waals surface area contributed by atoms with Crippen LogP contribution in [0.2, 0.25) is 0 Å². The van der Waals surface area contributed by atoms with Crippen LogP contribution in [0.5, 0.6) is 0 Å². The Morgan fingerprint density at radius 3 is 2.50 bits per heavy atom. The molecule has 0 spiro atoms. The topological polar surface area (TPSA) is 77.5 Å². The van der Waals surface area contributed by atoms with E-state index >= 15 is 0 Å². The minimum atomic E-state index is -0.496. The van der Waals surface area contributed by atoms with Gasteiger partial charge in [-0.15, -0.1) is 0 Å². The molecule has 0 heterocycles. The first-order valence-electron chi connectivity index (χ1n) is 10.2. The molecule has 0 N–H and O–H groups in total. The quantitative estimate of drug-likeness (QED) is 0.682. The summed E-state index contributed by atoms with van der Waals surface area (Å²) in [5.74, 6) is -0.650. The van der Waals surface area contributed by atoms with Crippen molar-refractivity contribution in [3.05, 3.63) is 23.3 Å². The zero-order chi connectivity index (χ0) is 20.4. The van der Waals surface area contributed by atoms with E-state index in [-0.39, 0.29) is 47.2 Å². The highest BCUT2D eigenvalue weighted by Gasteiger charge is 2.61. The van der Waals surface area contributed by atoms with E-state index in [1.165, 1.54) is 6.92 Å². The fourth-order valence-electron chi connectivity index (χ4n) is 6.66. The molecule has 4 aliphatic rings. The molecular weight excluding hydrogens is 356 g/mol. The lowest BCUT2D eigenvalue weighted by atomic mass is 9.47. The fourth-order valence-corrected chi connectivity index (χ4v) is 6.66. The summed E-state index contributed by atoms with van der Waals surface area (Å²) in [6, 6.07) is 0. The summed E-state index contributed by atoms with van der Waals surface area (Å²) in [6.07, 6.45) is 6.34. The van der Waals surface area contributed by atoms with Gasteiger partial charge >= 0.3 is 5.97 Å². The average Bonchev–Trinajstić information content (AvgIpc) is 2.92. The average molecular weight is 384 g/mol. The highest BCUT2D eigenvalue weighted by Crippen LogP contribution is 2.63. The van der Waals surface area contributed by atoms with Gasteiger partial charge in [-0.1, -0.05) is 25.5 Å². The number of rotatable bonds is 2. The molecule has 4 rings (SSSR count). The number of Topliss-reactive ketones (excluding diaryl/α,β-unsaturated/α-hetero) is 2. The van der Waals surface area contributed by atoms with E-state index in [0.29, 0.717) is 32.1 Å². The van der Waals surface area contributed by atoms with E-state index in [2.05, 4.69) is 6.92 Å². The number of carbonyl (C=O) groups excluding carboxylic acids is 4. The van der Waals surface area contributed by atoms with Crippen molar-refractivity contribution in [2.45, 2.75) is 65.9 Å². The van der Waals surface area contributed by atoms with Gasteiger partial charge in [-0.25, -0.2) is 0 Å². The van der Waals surface area contributed by atoms with Gasteiger partial charge in [-0.2, -0.15) is 0 Å². The van der Waals surface area contributed by atoms with Crippen molar-refractivity contribution >= 4 is 23.3 Å². The van der Waals surface area contributed by atoms with Gasteiger partial charge in [0, 0.05) is 30.6 Å². The summed E-state index contributed by atoms with van der Waals surface area (Å²) >= 11 is 0. The fraction of sp³-hybridized carbons (Fsp3) is 0.652. The summed E-state index contributed by atoms with van der Waals surface area (Å²) in [4.78, 5) is 50.0. The van der Waals surface area contributed by atoms with E-state index in [0.717, 1.165) is 11.1 Å². The van der Waals surface area contributed by atoms with Crippen LogP contribution in [0.15, 0.2) is 23.3 Å². The van der Waals surface area contributed by atoms with Gasteiger partial charge in [-0.05, 0) is 55.6 Å². The van der Waals surface area contributed by atoms with E-state index in [1.807, 2.05) is 13.0 Å². The van der Waals surface area contributed by atoms with Crippen LogP contribution >= 0.6 is 0 Å². The maximum absolute atomic E-state index is 13.4. The van der Waals surface area contributed by atoms with Crippen LogP contribution in [0.25, 0.3) is 0 Å². The third-order valence-corrected chi connectivity index (χ3v) is 7.86. The van der Waals surface area contributed by atoms with Crippen molar-refractivity contribution < 1.29 is 23.9 Å². The molecule has 0 aromatic heterocycles. The standard InChI is InChI=1S/C23H28O5/c1-12(24)16-5-6-17-15-10-19(26)18-9-14(28-13(2)25)7-8-22(18,3)21(15)20(27)11-23(16,17)4/h5,10,14,17-18,21H,6-9,11H2,1-4H3. The van der Waals surface area contributed by atoms with Crippen LogP contribution in [0, 0.1) is 28.6 Å². The highest BCUT2D eigenvalue weighted by molar-refractivity contribution is 6.02. The van der Waals surface area contributed by atoms with Crippen molar-refractivity contribution in [2.75, 3.05) is 0 Å². The number of hydrogen-bond acceptors (Lipinski definition) is 5. The van der Waals surface area contributed by atoms with Crippen LogP contribution in [-0.4, -0.2) is 29.4 Å². The van der Waals surface area contributed by atoms with E-state index in [9.17, 15) is 19.2 Å². The molecule has 0 aromatic carbocycles. The number of esters is 1. The molecule has 0 aromatic rings. The molecule has 2 saturated carbocycles. The Morgan fingerprint density at radius 1 is 1.14 bits per heavy atom. The van der Waals surface area contributed by atoms with Gasteiger partial charge < -0.3 is 4.74 Å². The SMILES string of the molecule is CC(=O)OC1CCC2(C)C(C1)C(=O)C=C1C3CC=C(C(C)=O)C3(C)CC(=O)C12. The van der Waals surface area contributed by atoms with Gasteiger partial charge in [0.1, 0.15) is 11.9 Å². The monoisotopic (exact) mass is 384 g/mol. The minimum absolute atomic E-state index is 0.0185. The normalized spacial score (nSPS) is 42.0. The molecule has 6 atom stereocenters. The van der Waals surface area contributed by atoms with Gasteiger partial charge in [0.15, 0.2) is 11.6 Å². The lowest BCUT2D eigenvalue weighted by molar-refractivity contribution is -0.157. The van der Waals surface area contributed by atoms with Crippen molar-refractivity contribution in [1.82, 2.24) is 0 Å². The van der Waals surface area contributed by atoms with Crippen LogP contribution in [0.4, 0.5) is 0 Å². The Balaban J connectivity index is 1.72. The second-order valence-corrected chi connectivity index (χ2v) is 9.57. The van der Waals surface area contributed by atoms with Crippen LogP contribution in [0.1, 0.15) is 59.8 Å². The Labute approximate surface area is 165 Å². The molecule has 28 heavy (non-hydrogen) atoms. The van der Waals surface area contributed by atoms with Crippen molar-refractivity contribution in [3.63, 3.8) is 0 Å². The summed E-state index contributed by atoms with van der Waals surface area (Å²) in [6.45, 7) is 7.01. The zero-order valence-corrected chi connectivity index (χ0v) is 17.0. The molecule has 150 valence electrons. The first kappa shape index (κ1) is 19.3. The second-order valence-electron chi connectivity index (χ2n) is 9.57. The predicted octanol–water partition coefficient (Wildman–Crippen LogP) is 3.36. The predicted molar refractivity (Wildman–Crippen MR) is 102 cm³/mol. The first-order chi connectivity index (χ1) is 13.1. The second kappa shape index (κ2) is 6.23. The summed E-state index contributed by atoms with van der Waals surface area (Å²) < 4.78 is 5.38. The Morgan fingerprint density at radius 2 is 1.86 bits per heavy atom. The molecule has 0 radical (unpaired) electrons. The van der Waals surface area contributed by atoms with E-state index in [1.54, 1.807) is 13.0 Å². The first-order valence-corrected chi connectivity index (χ1v) is 10.2. The van der Waals surface area contributed by atoms with Gasteiger partial charge in [0.05, 0.1) is 0 Å². The summed E-state index contributed by atoms with van der Waals surface area (Å²) in [5, 5.41) is 0. The molecule has 0 amide bonds. The summed E-state index contributed by atoms with van der Waals surface area (Å²) in [7, 11) is 0. The van der Waals surface area contributed by atoms with Gasteiger partial charge in [0.25, 0.3) is 0 Å². The molecular formula is C23H28O5. The molecule has 5 nitrogen and oxygen atoms in total. The number of allylic oxidation sites excluding steroid dienone is 4. The zero-order valence-electron chi connectivity index (χ0n) is 17.0. The maximum atomic E-state index is 13.4. The third kappa shape index (κ3) is 2.58. The molecule has 4 aliphatic carbocycles. The van der Waals surface area contributed by atoms with Crippen molar-refractivity contribution in [1.29, 1.82) is 0 Å². The molecule has 0 bridgehead atoms. The third-order valence-electron chi connectivity index (χ3n) is 7.86. The molecule has 0 saturated heterocycles. The number of hydrogen-bond donors (Lipinski definition) is 0. The molecule has 2 fully saturated rings. The minimum Gasteiger partial charge on any atom is -0.463 e. The molecule has 6 unspecified atom stereocenters. The Bertz CT molecular complexity index is 849. The smallest absolute Gasteiger partial charge is 0.302 e. The van der Waals surface area contributed by atoms with Gasteiger partial charge in [-0.3, -0.25) is 19.2 Å². The highest BCUT2D eigenvalue weighted by atomic mass is 16.5. The molecule has 0 aliphatic heterocycles. The van der Waals surface area contributed by atoms with Crippen molar-refractivity contribution in [2.24, 2.45) is 28.6 Å². The lowest BCUT2D eigenvalue weighted by Crippen LogP contribution is -2.56. The van der Waals surface area contributed by atoms with Crippen LogP contribution in [0.3, 0.4) is 0 Å². The van der Waals surface area contributed by atoms with E-state index < -0.39 is 10.8 Å². The Hall–Kier alpha value is -2.04. The largest absolute Gasteiger partial charge is 0.463 e. The van der Waals surface area contributed by atoms with Gasteiger partial charge in [0.2, 0.25) is 0 Å². The van der Waals surface area contributed by atoms with Crippen LogP contribution in [-0.2, 0) is 23.9 Å². The number of carbonyl (C=O) groups is 4. The maximum Gasteiger partial charge on any atom is 0.302 e. The Kier molecular flexibility index (Phi) is 4.29.